The lowest BCUT2D eigenvalue weighted by atomic mass is 9.97. The fourth-order valence-electron chi connectivity index (χ4n) is 3.10. The number of likely N-dealkylation sites (tertiary alicyclic amines) is 1. The molecule has 2 atom stereocenters. The standard InChI is InChI=1S/C16H22N2O3S/c19-15(17-10-13-5-2-8-21-13)12-4-1-7-18(11-12)16(20)14-6-3-9-22-14/h3,6,9,12-13H,1-2,4-5,7-8,10-11H2,(H,17,19)/t12-,13-/m0/s1. The van der Waals surface area contributed by atoms with Gasteiger partial charge in [0.05, 0.1) is 16.9 Å². The Bertz CT molecular complexity index is 511. The quantitative estimate of drug-likeness (QED) is 0.921. The number of nitrogens with one attached hydrogen (secondary N) is 1. The third-order valence-corrected chi connectivity index (χ3v) is 5.20. The number of thiophene rings is 1. The fraction of sp³-hybridized carbons (Fsp3) is 0.625. The predicted octanol–water partition coefficient (Wildman–Crippen LogP) is 1.90. The summed E-state index contributed by atoms with van der Waals surface area (Å²) in [4.78, 5) is 27.2. The SMILES string of the molecule is O=C(NC[C@@H]1CCCO1)[C@H]1CCCN(C(=O)c2cccs2)C1. The average Bonchev–Trinajstić information content (AvgIpc) is 3.25. The van der Waals surface area contributed by atoms with E-state index in [1.165, 1.54) is 11.3 Å². The first-order valence-corrected chi connectivity index (χ1v) is 8.84. The summed E-state index contributed by atoms with van der Waals surface area (Å²) in [6, 6.07) is 3.72. The first-order chi connectivity index (χ1) is 10.7. The molecule has 2 aliphatic heterocycles. The summed E-state index contributed by atoms with van der Waals surface area (Å²) >= 11 is 1.45. The summed E-state index contributed by atoms with van der Waals surface area (Å²) in [5.41, 5.74) is 0. The number of carbonyl (C=O) groups is 2. The van der Waals surface area contributed by atoms with Crippen molar-refractivity contribution in [3.8, 4) is 0 Å². The summed E-state index contributed by atoms with van der Waals surface area (Å²) < 4.78 is 5.52. The minimum Gasteiger partial charge on any atom is -0.376 e. The summed E-state index contributed by atoms with van der Waals surface area (Å²) in [5, 5.41) is 4.89. The van der Waals surface area contributed by atoms with Crippen molar-refractivity contribution in [2.75, 3.05) is 26.2 Å². The third kappa shape index (κ3) is 3.67. The number of hydrogen-bond acceptors (Lipinski definition) is 4. The van der Waals surface area contributed by atoms with Crippen molar-refractivity contribution in [2.45, 2.75) is 31.8 Å². The Hall–Kier alpha value is -1.40. The lowest BCUT2D eigenvalue weighted by Gasteiger charge is -2.32. The average molecular weight is 322 g/mol. The number of amides is 2. The van der Waals surface area contributed by atoms with Crippen LogP contribution in [-0.2, 0) is 9.53 Å². The van der Waals surface area contributed by atoms with Gasteiger partial charge in [0.15, 0.2) is 0 Å². The topological polar surface area (TPSA) is 58.6 Å². The van der Waals surface area contributed by atoms with Gasteiger partial charge in [0, 0.05) is 26.2 Å². The normalized spacial score (nSPS) is 25.2. The van der Waals surface area contributed by atoms with Gasteiger partial charge < -0.3 is 15.0 Å². The molecule has 0 saturated carbocycles. The van der Waals surface area contributed by atoms with Gasteiger partial charge in [-0.05, 0) is 37.1 Å². The second-order valence-corrected chi connectivity index (χ2v) is 6.90. The summed E-state index contributed by atoms with van der Waals surface area (Å²) in [6.45, 7) is 2.65. The van der Waals surface area contributed by atoms with E-state index in [1.807, 2.05) is 22.4 Å². The van der Waals surface area contributed by atoms with Gasteiger partial charge in [-0.15, -0.1) is 11.3 Å². The molecule has 120 valence electrons. The molecule has 1 aromatic heterocycles. The Morgan fingerprint density at radius 2 is 2.27 bits per heavy atom. The smallest absolute Gasteiger partial charge is 0.263 e. The Morgan fingerprint density at radius 3 is 3.00 bits per heavy atom. The van der Waals surface area contributed by atoms with Crippen LogP contribution < -0.4 is 5.32 Å². The van der Waals surface area contributed by atoms with E-state index in [0.717, 1.165) is 43.7 Å². The molecule has 2 amide bonds. The molecule has 1 N–H and O–H groups in total. The number of ether oxygens (including phenoxy) is 1. The molecule has 2 fully saturated rings. The van der Waals surface area contributed by atoms with Gasteiger partial charge in [0.1, 0.15) is 0 Å². The van der Waals surface area contributed by atoms with Crippen molar-refractivity contribution >= 4 is 23.2 Å². The number of hydrogen-bond donors (Lipinski definition) is 1. The summed E-state index contributed by atoms with van der Waals surface area (Å²) in [6.07, 6.45) is 4.00. The highest BCUT2D eigenvalue weighted by Crippen LogP contribution is 2.21. The van der Waals surface area contributed by atoms with Crippen LogP contribution in [0.3, 0.4) is 0 Å². The third-order valence-electron chi connectivity index (χ3n) is 4.34. The Labute approximate surface area is 134 Å². The molecule has 0 aromatic carbocycles. The highest BCUT2D eigenvalue weighted by molar-refractivity contribution is 7.12. The molecule has 3 heterocycles. The number of carbonyl (C=O) groups excluding carboxylic acids is 2. The molecule has 0 aliphatic carbocycles. The minimum atomic E-state index is -0.0981. The van der Waals surface area contributed by atoms with Crippen LogP contribution in [0.4, 0.5) is 0 Å². The van der Waals surface area contributed by atoms with Gasteiger partial charge in [-0.1, -0.05) is 6.07 Å². The van der Waals surface area contributed by atoms with E-state index in [1.54, 1.807) is 0 Å². The van der Waals surface area contributed by atoms with Crippen LogP contribution in [0.25, 0.3) is 0 Å². The molecule has 22 heavy (non-hydrogen) atoms. The second kappa shape index (κ2) is 7.24. The maximum absolute atomic E-state index is 12.4. The van der Waals surface area contributed by atoms with Gasteiger partial charge >= 0.3 is 0 Å². The van der Waals surface area contributed by atoms with Crippen LogP contribution in [-0.4, -0.2) is 49.1 Å². The number of rotatable bonds is 4. The molecular weight excluding hydrogens is 300 g/mol. The number of nitrogens with zero attached hydrogens (tertiary/aromatic N) is 1. The van der Waals surface area contributed by atoms with Crippen molar-refractivity contribution in [1.29, 1.82) is 0 Å². The van der Waals surface area contributed by atoms with Crippen LogP contribution in [0, 0.1) is 5.92 Å². The van der Waals surface area contributed by atoms with Crippen molar-refractivity contribution in [3.05, 3.63) is 22.4 Å². The highest BCUT2D eigenvalue weighted by atomic mass is 32.1. The predicted molar refractivity (Wildman–Crippen MR) is 84.9 cm³/mol. The lowest BCUT2D eigenvalue weighted by Crippen LogP contribution is -2.46. The number of piperidine rings is 1. The molecule has 5 nitrogen and oxygen atoms in total. The lowest BCUT2D eigenvalue weighted by molar-refractivity contribution is -0.126. The van der Waals surface area contributed by atoms with Crippen LogP contribution in [0.2, 0.25) is 0 Å². The monoisotopic (exact) mass is 322 g/mol. The molecule has 0 radical (unpaired) electrons. The Balaban J connectivity index is 1.51. The van der Waals surface area contributed by atoms with Crippen molar-refractivity contribution < 1.29 is 14.3 Å². The van der Waals surface area contributed by atoms with Gasteiger partial charge in [0.2, 0.25) is 5.91 Å². The van der Waals surface area contributed by atoms with Crippen LogP contribution in [0.5, 0.6) is 0 Å². The minimum absolute atomic E-state index is 0.0478. The van der Waals surface area contributed by atoms with Crippen molar-refractivity contribution in [2.24, 2.45) is 5.92 Å². The zero-order valence-electron chi connectivity index (χ0n) is 12.6. The van der Waals surface area contributed by atoms with Gasteiger partial charge in [-0.25, -0.2) is 0 Å². The molecule has 0 spiro atoms. The van der Waals surface area contributed by atoms with E-state index in [0.29, 0.717) is 13.1 Å². The van der Waals surface area contributed by atoms with E-state index in [2.05, 4.69) is 5.32 Å². The van der Waals surface area contributed by atoms with E-state index in [-0.39, 0.29) is 23.8 Å². The Kier molecular flexibility index (Phi) is 5.10. The maximum atomic E-state index is 12.4. The van der Waals surface area contributed by atoms with E-state index in [4.69, 9.17) is 4.74 Å². The molecule has 2 aliphatic rings. The van der Waals surface area contributed by atoms with Crippen LogP contribution in [0.15, 0.2) is 17.5 Å². The maximum Gasteiger partial charge on any atom is 0.263 e. The van der Waals surface area contributed by atoms with E-state index in [9.17, 15) is 9.59 Å². The molecule has 1 aromatic rings. The van der Waals surface area contributed by atoms with Gasteiger partial charge in [0.25, 0.3) is 5.91 Å². The van der Waals surface area contributed by atoms with Crippen LogP contribution >= 0.6 is 11.3 Å². The zero-order valence-corrected chi connectivity index (χ0v) is 13.4. The molecule has 0 bridgehead atoms. The first-order valence-electron chi connectivity index (χ1n) is 7.96. The first kappa shape index (κ1) is 15.5. The zero-order chi connectivity index (χ0) is 15.4. The van der Waals surface area contributed by atoms with Gasteiger partial charge in [-0.2, -0.15) is 0 Å². The molecule has 3 rings (SSSR count). The van der Waals surface area contributed by atoms with E-state index >= 15 is 0 Å². The largest absolute Gasteiger partial charge is 0.376 e. The van der Waals surface area contributed by atoms with E-state index < -0.39 is 0 Å². The van der Waals surface area contributed by atoms with Crippen molar-refractivity contribution in [1.82, 2.24) is 10.2 Å². The second-order valence-electron chi connectivity index (χ2n) is 5.95. The highest BCUT2D eigenvalue weighted by Gasteiger charge is 2.29. The van der Waals surface area contributed by atoms with Crippen molar-refractivity contribution in [3.63, 3.8) is 0 Å². The molecule has 6 heteroatoms. The summed E-state index contributed by atoms with van der Waals surface area (Å²) in [5.74, 6) is 0.00451. The Morgan fingerprint density at radius 1 is 1.36 bits per heavy atom. The molecule has 0 unspecified atom stereocenters. The van der Waals surface area contributed by atoms with Gasteiger partial charge in [-0.3, -0.25) is 9.59 Å². The van der Waals surface area contributed by atoms with Crippen LogP contribution in [0.1, 0.15) is 35.4 Å². The fourth-order valence-corrected chi connectivity index (χ4v) is 3.79. The summed E-state index contributed by atoms with van der Waals surface area (Å²) in [7, 11) is 0. The molecular formula is C16H22N2O3S. The molecule has 2 saturated heterocycles.